The van der Waals surface area contributed by atoms with Gasteiger partial charge in [-0.2, -0.15) is 13.2 Å². The van der Waals surface area contributed by atoms with Gasteiger partial charge in [0.2, 0.25) is 0 Å². The summed E-state index contributed by atoms with van der Waals surface area (Å²) in [7, 11) is 0. The number of alkyl halides is 3. The Labute approximate surface area is 84.0 Å². The fourth-order valence-corrected chi connectivity index (χ4v) is 0.841. The Morgan fingerprint density at radius 1 is 1.40 bits per heavy atom. The molecular weight excluding hydrogens is 215 g/mol. The number of nitrogens with zero attached hydrogens (tertiary/aromatic N) is 1. The number of aliphatic carboxylic acids is 1. The van der Waals surface area contributed by atoms with E-state index < -0.39 is 31.0 Å². The lowest BCUT2D eigenvalue weighted by atomic mass is 10.3. The summed E-state index contributed by atoms with van der Waals surface area (Å²) in [6.45, 7) is 2.37. The van der Waals surface area contributed by atoms with Crippen LogP contribution >= 0.6 is 0 Å². The van der Waals surface area contributed by atoms with E-state index in [0.717, 1.165) is 6.08 Å². The molecular formula is C8H10F3NO3. The lowest BCUT2D eigenvalue weighted by Gasteiger charge is -2.21. The summed E-state index contributed by atoms with van der Waals surface area (Å²) in [6, 6.07) is 0. The van der Waals surface area contributed by atoms with Gasteiger partial charge in [-0.3, -0.25) is 9.59 Å². The van der Waals surface area contributed by atoms with Crippen molar-refractivity contribution < 1.29 is 27.9 Å². The first-order valence-electron chi connectivity index (χ1n) is 3.97. The van der Waals surface area contributed by atoms with Crippen molar-refractivity contribution in [2.24, 2.45) is 0 Å². The van der Waals surface area contributed by atoms with Crippen LogP contribution in [-0.4, -0.2) is 41.1 Å². The van der Waals surface area contributed by atoms with E-state index in [9.17, 15) is 22.8 Å². The molecule has 0 aliphatic heterocycles. The molecule has 7 heteroatoms. The summed E-state index contributed by atoms with van der Waals surface area (Å²) in [5.41, 5.74) is 0. The normalized spacial score (nSPS) is 10.9. The van der Waals surface area contributed by atoms with Crippen molar-refractivity contribution in [3.05, 3.63) is 12.7 Å². The van der Waals surface area contributed by atoms with E-state index >= 15 is 0 Å². The molecule has 0 aliphatic carbocycles. The topological polar surface area (TPSA) is 57.6 Å². The summed E-state index contributed by atoms with van der Waals surface area (Å²) in [4.78, 5) is 21.3. The summed E-state index contributed by atoms with van der Waals surface area (Å²) in [6.07, 6.45) is -4.41. The predicted molar refractivity (Wildman–Crippen MR) is 45.1 cm³/mol. The van der Waals surface area contributed by atoms with Gasteiger partial charge in [0.05, 0.1) is 6.42 Å². The lowest BCUT2D eigenvalue weighted by molar-refractivity contribution is -0.185. The van der Waals surface area contributed by atoms with Gasteiger partial charge in [0.1, 0.15) is 0 Å². The molecule has 0 bridgehead atoms. The van der Waals surface area contributed by atoms with Crippen LogP contribution < -0.4 is 0 Å². The van der Waals surface area contributed by atoms with E-state index in [1.807, 2.05) is 0 Å². The highest BCUT2D eigenvalue weighted by Crippen LogP contribution is 2.18. The van der Waals surface area contributed by atoms with Gasteiger partial charge >= 0.3 is 18.1 Å². The maximum absolute atomic E-state index is 12.0. The summed E-state index contributed by atoms with van der Waals surface area (Å²) < 4.78 is 35.9. The van der Waals surface area contributed by atoms with Gasteiger partial charge in [-0.05, 0) is 0 Å². The van der Waals surface area contributed by atoms with Gasteiger partial charge in [-0.15, -0.1) is 6.58 Å². The van der Waals surface area contributed by atoms with E-state index in [1.165, 1.54) is 0 Å². The zero-order valence-electron chi connectivity index (χ0n) is 7.75. The van der Waals surface area contributed by atoms with Crippen LogP contribution in [0.2, 0.25) is 0 Å². The van der Waals surface area contributed by atoms with E-state index in [1.54, 1.807) is 0 Å². The molecule has 0 aliphatic rings. The summed E-state index contributed by atoms with van der Waals surface area (Å²) >= 11 is 0. The van der Waals surface area contributed by atoms with Crippen LogP contribution in [0.1, 0.15) is 6.42 Å². The van der Waals surface area contributed by atoms with E-state index in [2.05, 4.69) is 6.58 Å². The van der Waals surface area contributed by atoms with E-state index in [4.69, 9.17) is 5.11 Å². The molecule has 0 spiro atoms. The van der Waals surface area contributed by atoms with Crippen LogP contribution in [0.5, 0.6) is 0 Å². The van der Waals surface area contributed by atoms with Gasteiger partial charge in [0.15, 0.2) is 0 Å². The molecule has 0 fully saturated rings. The minimum absolute atomic E-state index is 0.328. The zero-order chi connectivity index (χ0) is 12.1. The third kappa shape index (κ3) is 5.04. The standard InChI is InChI=1S/C8H10F3NO3/c1-2-4-12(5-3-6(13)14)7(15)8(9,10)11/h2H,1,3-5H2,(H,13,14). The maximum Gasteiger partial charge on any atom is 0.471 e. The Morgan fingerprint density at radius 2 is 1.93 bits per heavy atom. The second kappa shape index (κ2) is 5.38. The van der Waals surface area contributed by atoms with Crippen LogP contribution in [-0.2, 0) is 9.59 Å². The number of carbonyl (C=O) groups is 2. The zero-order valence-corrected chi connectivity index (χ0v) is 7.75. The molecule has 0 saturated carbocycles. The van der Waals surface area contributed by atoms with Gasteiger partial charge < -0.3 is 10.0 Å². The average molecular weight is 225 g/mol. The highest BCUT2D eigenvalue weighted by molar-refractivity contribution is 5.82. The van der Waals surface area contributed by atoms with Crippen LogP contribution in [0.4, 0.5) is 13.2 Å². The first-order chi connectivity index (χ1) is 6.79. The Hall–Kier alpha value is -1.53. The van der Waals surface area contributed by atoms with Crippen molar-refractivity contribution in [2.45, 2.75) is 12.6 Å². The molecule has 86 valence electrons. The SMILES string of the molecule is C=CCN(CCC(=O)O)C(=O)C(F)(F)F. The summed E-state index contributed by atoms with van der Waals surface area (Å²) in [5.74, 6) is -3.32. The highest BCUT2D eigenvalue weighted by Gasteiger charge is 2.42. The molecule has 0 rings (SSSR count). The second-order valence-electron chi connectivity index (χ2n) is 2.68. The van der Waals surface area contributed by atoms with Crippen LogP contribution in [0.3, 0.4) is 0 Å². The number of rotatable bonds is 5. The molecule has 0 heterocycles. The molecule has 4 nitrogen and oxygen atoms in total. The van der Waals surface area contributed by atoms with E-state index in [-0.39, 0.29) is 6.54 Å². The number of amides is 1. The van der Waals surface area contributed by atoms with Crippen molar-refractivity contribution in [2.75, 3.05) is 13.1 Å². The minimum atomic E-state index is -4.98. The number of carboxylic acids is 1. The molecule has 1 N–H and O–H groups in total. The van der Waals surface area contributed by atoms with E-state index in [0.29, 0.717) is 4.90 Å². The van der Waals surface area contributed by atoms with Crippen molar-refractivity contribution >= 4 is 11.9 Å². The third-order valence-corrected chi connectivity index (χ3v) is 1.47. The third-order valence-electron chi connectivity index (χ3n) is 1.47. The fourth-order valence-electron chi connectivity index (χ4n) is 0.841. The number of carbonyl (C=O) groups excluding carboxylic acids is 1. The lowest BCUT2D eigenvalue weighted by Crippen LogP contribution is -2.42. The Balaban J connectivity index is 4.45. The quantitative estimate of drug-likeness (QED) is 0.711. The van der Waals surface area contributed by atoms with Crippen molar-refractivity contribution in [3.8, 4) is 0 Å². The maximum atomic E-state index is 12.0. The van der Waals surface area contributed by atoms with Crippen molar-refractivity contribution in [3.63, 3.8) is 0 Å². The van der Waals surface area contributed by atoms with Gasteiger partial charge in [-0.1, -0.05) is 6.08 Å². The van der Waals surface area contributed by atoms with Gasteiger partial charge in [0, 0.05) is 13.1 Å². The Kier molecular flexibility index (Phi) is 4.83. The first kappa shape index (κ1) is 13.5. The number of carboxylic acid groups (broad SMARTS) is 1. The molecule has 15 heavy (non-hydrogen) atoms. The smallest absolute Gasteiger partial charge is 0.471 e. The molecule has 0 aromatic carbocycles. The van der Waals surface area contributed by atoms with Crippen LogP contribution in [0.25, 0.3) is 0 Å². The number of hydrogen-bond acceptors (Lipinski definition) is 2. The Bertz CT molecular complexity index is 262. The molecule has 0 atom stereocenters. The fraction of sp³-hybridized carbons (Fsp3) is 0.500. The van der Waals surface area contributed by atoms with Crippen LogP contribution in [0, 0.1) is 0 Å². The molecule has 1 amide bonds. The molecule has 0 saturated heterocycles. The Morgan fingerprint density at radius 3 is 2.27 bits per heavy atom. The molecule has 0 unspecified atom stereocenters. The summed E-state index contributed by atoms with van der Waals surface area (Å²) in [5, 5.41) is 8.27. The second-order valence-corrected chi connectivity index (χ2v) is 2.68. The number of hydrogen-bond donors (Lipinski definition) is 1. The minimum Gasteiger partial charge on any atom is -0.481 e. The molecule has 0 radical (unpaired) electrons. The van der Waals surface area contributed by atoms with Crippen molar-refractivity contribution in [1.82, 2.24) is 4.90 Å². The molecule has 0 aromatic heterocycles. The van der Waals surface area contributed by atoms with Crippen LogP contribution in [0.15, 0.2) is 12.7 Å². The molecule has 0 aromatic rings. The predicted octanol–water partition coefficient (Wildman–Crippen LogP) is 1.04. The average Bonchev–Trinajstić information content (AvgIpc) is 2.09. The van der Waals surface area contributed by atoms with Gasteiger partial charge in [-0.25, -0.2) is 0 Å². The highest BCUT2D eigenvalue weighted by atomic mass is 19.4. The monoisotopic (exact) mass is 225 g/mol. The first-order valence-corrected chi connectivity index (χ1v) is 3.97. The van der Waals surface area contributed by atoms with Gasteiger partial charge in [0.25, 0.3) is 0 Å². The van der Waals surface area contributed by atoms with Crippen molar-refractivity contribution in [1.29, 1.82) is 0 Å². The number of halogens is 3. The largest absolute Gasteiger partial charge is 0.481 e.